The molecule has 17 heavy (non-hydrogen) atoms. The van der Waals surface area contributed by atoms with Gasteiger partial charge in [-0.15, -0.1) is 0 Å². The molecule has 0 aromatic carbocycles. The number of ether oxygens (including phenoxy) is 2. The molecule has 0 radical (unpaired) electrons. The molecule has 1 fully saturated rings. The predicted octanol–water partition coefficient (Wildman–Crippen LogP) is 0.127. The van der Waals surface area contributed by atoms with Crippen molar-refractivity contribution in [3.8, 4) is 0 Å². The Hall–Kier alpha value is -1.62. The second-order valence-corrected chi connectivity index (χ2v) is 4.15. The maximum absolute atomic E-state index is 11.8. The molecule has 2 heterocycles. The van der Waals surface area contributed by atoms with Crippen LogP contribution in [0.4, 0.5) is 0 Å². The van der Waals surface area contributed by atoms with E-state index in [1.165, 1.54) is 20.3 Å². The van der Waals surface area contributed by atoms with Crippen LogP contribution in [-0.2, 0) is 19.1 Å². The van der Waals surface area contributed by atoms with Crippen LogP contribution in [0.25, 0.3) is 0 Å². The first kappa shape index (κ1) is 11.9. The lowest BCUT2D eigenvalue weighted by Gasteiger charge is -2.17. The summed E-state index contributed by atoms with van der Waals surface area (Å²) in [6.07, 6.45) is 5.35. The zero-order valence-electron chi connectivity index (χ0n) is 10.0. The number of hydrogen-bond acceptors (Lipinski definition) is 5. The summed E-state index contributed by atoms with van der Waals surface area (Å²) in [6, 6.07) is -0.0356. The topological polar surface area (TPSA) is 55.8 Å². The minimum Gasteiger partial charge on any atom is -0.469 e. The fourth-order valence-electron chi connectivity index (χ4n) is 2.52. The highest BCUT2D eigenvalue weighted by Crippen LogP contribution is 2.40. The fraction of sp³-hybridized carbons (Fsp3) is 0.500. The second-order valence-electron chi connectivity index (χ2n) is 4.15. The van der Waals surface area contributed by atoms with Crippen LogP contribution < -0.4 is 0 Å². The van der Waals surface area contributed by atoms with Gasteiger partial charge in [-0.3, -0.25) is 9.69 Å². The van der Waals surface area contributed by atoms with Crippen LogP contribution >= 0.6 is 0 Å². The Labute approximate surface area is 99.7 Å². The zero-order valence-corrected chi connectivity index (χ0v) is 10.0. The van der Waals surface area contributed by atoms with E-state index >= 15 is 0 Å². The molecule has 0 spiro atoms. The predicted molar refractivity (Wildman–Crippen MR) is 60.1 cm³/mol. The lowest BCUT2D eigenvalue weighted by Crippen LogP contribution is -2.30. The van der Waals surface area contributed by atoms with Gasteiger partial charge in [-0.25, -0.2) is 4.79 Å². The summed E-state index contributed by atoms with van der Waals surface area (Å²) in [7, 11) is 4.59. The largest absolute Gasteiger partial charge is 0.469 e. The lowest BCUT2D eigenvalue weighted by molar-refractivity contribution is -0.144. The number of esters is 2. The van der Waals surface area contributed by atoms with Gasteiger partial charge >= 0.3 is 11.9 Å². The Morgan fingerprint density at radius 1 is 1.29 bits per heavy atom. The van der Waals surface area contributed by atoms with Crippen LogP contribution in [0.15, 0.2) is 23.8 Å². The van der Waals surface area contributed by atoms with Gasteiger partial charge in [0.2, 0.25) is 0 Å². The minimum absolute atomic E-state index is 0.0109. The molecule has 2 aliphatic rings. The molecule has 2 rings (SSSR count). The van der Waals surface area contributed by atoms with Crippen molar-refractivity contribution in [3.63, 3.8) is 0 Å². The maximum Gasteiger partial charge on any atom is 0.330 e. The number of nitrogens with zero attached hydrogens (tertiary/aromatic N) is 1. The molecule has 3 atom stereocenters. The van der Waals surface area contributed by atoms with Crippen molar-refractivity contribution in [1.29, 1.82) is 0 Å². The number of carbonyl (C=O) groups is 2. The number of likely N-dealkylation sites (N-methyl/N-ethyl adjacent to an activating group) is 1. The average Bonchev–Trinajstić information content (AvgIpc) is 2.82. The van der Waals surface area contributed by atoms with Gasteiger partial charge in [0.15, 0.2) is 0 Å². The van der Waals surface area contributed by atoms with E-state index in [2.05, 4.69) is 4.74 Å². The molecule has 0 aliphatic carbocycles. The third kappa shape index (κ3) is 1.76. The van der Waals surface area contributed by atoms with E-state index in [0.29, 0.717) is 0 Å². The van der Waals surface area contributed by atoms with Crippen molar-refractivity contribution in [2.24, 2.45) is 5.92 Å². The van der Waals surface area contributed by atoms with Crippen molar-refractivity contribution >= 4 is 11.9 Å². The molecule has 0 amide bonds. The Kier molecular flexibility index (Phi) is 3.02. The van der Waals surface area contributed by atoms with Crippen LogP contribution in [-0.4, -0.2) is 50.2 Å². The van der Waals surface area contributed by atoms with E-state index in [4.69, 9.17) is 4.74 Å². The van der Waals surface area contributed by atoms with Gasteiger partial charge in [0.05, 0.1) is 26.2 Å². The van der Waals surface area contributed by atoms with Gasteiger partial charge in [0.25, 0.3) is 0 Å². The molecule has 0 aromatic heterocycles. The summed E-state index contributed by atoms with van der Waals surface area (Å²) in [6.45, 7) is 0. The highest BCUT2D eigenvalue weighted by Gasteiger charge is 2.48. The zero-order chi connectivity index (χ0) is 12.6. The van der Waals surface area contributed by atoms with E-state index in [1.807, 2.05) is 24.1 Å². The average molecular weight is 237 g/mol. The third-order valence-electron chi connectivity index (χ3n) is 3.38. The summed E-state index contributed by atoms with van der Waals surface area (Å²) in [5, 5.41) is 0. The number of rotatable bonds is 2. The Morgan fingerprint density at radius 2 is 2.00 bits per heavy atom. The van der Waals surface area contributed by atoms with Crippen LogP contribution in [0.2, 0.25) is 0 Å². The number of carbonyl (C=O) groups excluding carboxylic acids is 2. The summed E-state index contributed by atoms with van der Waals surface area (Å²) in [5.74, 6) is -1.16. The molecule has 5 nitrogen and oxygen atoms in total. The molecule has 3 unspecified atom stereocenters. The first-order valence-corrected chi connectivity index (χ1v) is 5.37. The molecule has 92 valence electrons. The lowest BCUT2D eigenvalue weighted by atomic mass is 9.88. The molecular formula is C12H15NO4. The van der Waals surface area contributed by atoms with Crippen molar-refractivity contribution in [2.45, 2.75) is 12.1 Å². The van der Waals surface area contributed by atoms with E-state index in [1.54, 1.807) is 0 Å². The van der Waals surface area contributed by atoms with Crippen molar-refractivity contribution < 1.29 is 19.1 Å². The van der Waals surface area contributed by atoms with Crippen LogP contribution in [0.1, 0.15) is 0 Å². The Bertz CT molecular complexity index is 413. The smallest absolute Gasteiger partial charge is 0.330 e. The maximum atomic E-state index is 11.8. The Balaban J connectivity index is 2.35. The van der Waals surface area contributed by atoms with Gasteiger partial charge in [-0.1, -0.05) is 12.2 Å². The van der Waals surface area contributed by atoms with E-state index in [-0.39, 0.29) is 18.1 Å². The highest BCUT2D eigenvalue weighted by atomic mass is 16.5. The van der Waals surface area contributed by atoms with Crippen LogP contribution in [0.3, 0.4) is 0 Å². The molecule has 0 aromatic rings. The normalized spacial score (nSPS) is 33.1. The quantitative estimate of drug-likeness (QED) is 0.388. The molecule has 5 heteroatoms. The standard InChI is InChI=1S/C12H15NO4/c1-13-8-4-5-9(13)11(12(15)17-3)7(8)6-10(14)16-2/h4-6,8-9,11H,1-3H3/b7-6-. The first-order chi connectivity index (χ1) is 8.10. The van der Waals surface area contributed by atoms with Crippen LogP contribution in [0.5, 0.6) is 0 Å². The van der Waals surface area contributed by atoms with Gasteiger partial charge in [0, 0.05) is 12.1 Å². The molecular weight excluding hydrogens is 222 g/mol. The van der Waals surface area contributed by atoms with Gasteiger partial charge in [-0.05, 0) is 12.6 Å². The Morgan fingerprint density at radius 3 is 2.59 bits per heavy atom. The highest BCUT2D eigenvalue weighted by molar-refractivity contribution is 5.87. The fourth-order valence-corrected chi connectivity index (χ4v) is 2.52. The van der Waals surface area contributed by atoms with E-state index < -0.39 is 11.9 Å². The summed E-state index contributed by atoms with van der Waals surface area (Å²) in [5.41, 5.74) is 0.749. The van der Waals surface area contributed by atoms with Gasteiger partial charge < -0.3 is 9.47 Å². The van der Waals surface area contributed by atoms with E-state index in [9.17, 15) is 9.59 Å². The summed E-state index contributed by atoms with van der Waals surface area (Å²) >= 11 is 0. The third-order valence-corrected chi connectivity index (χ3v) is 3.38. The number of hydrogen-bond donors (Lipinski definition) is 0. The van der Waals surface area contributed by atoms with Crippen LogP contribution in [0, 0.1) is 5.92 Å². The van der Waals surface area contributed by atoms with Gasteiger partial charge in [0.1, 0.15) is 0 Å². The first-order valence-electron chi connectivity index (χ1n) is 5.37. The summed E-state index contributed by atoms with van der Waals surface area (Å²) < 4.78 is 9.39. The molecule has 2 bridgehead atoms. The molecule has 1 saturated heterocycles. The minimum atomic E-state index is -0.441. The molecule has 2 aliphatic heterocycles. The number of methoxy groups -OCH3 is 2. The SMILES string of the molecule is COC(=O)/C=C1\C(C(=O)OC)C2C=CC1N2C. The summed E-state index contributed by atoms with van der Waals surface area (Å²) in [4.78, 5) is 25.1. The van der Waals surface area contributed by atoms with Crippen molar-refractivity contribution in [3.05, 3.63) is 23.8 Å². The van der Waals surface area contributed by atoms with Crippen molar-refractivity contribution in [1.82, 2.24) is 4.90 Å². The monoisotopic (exact) mass is 237 g/mol. The molecule has 0 N–H and O–H groups in total. The number of fused-ring (bicyclic) bond motifs is 2. The van der Waals surface area contributed by atoms with E-state index in [0.717, 1.165) is 5.57 Å². The molecule has 0 saturated carbocycles. The van der Waals surface area contributed by atoms with Crippen molar-refractivity contribution in [2.75, 3.05) is 21.3 Å². The van der Waals surface area contributed by atoms with Gasteiger partial charge in [-0.2, -0.15) is 0 Å². The second kappa shape index (κ2) is 4.33.